The maximum atomic E-state index is 12.3. The predicted octanol–water partition coefficient (Wildman–Crippen LogP) is 4.46. The first-order valence-corrected chi connectivity index (χ1v) is 12.3. The molecule has 0 radical (unpaired) electrons. The van der Waals surface area contributed by atoms with Crippen LogP contribution in [0.5, 0.6) is 11.5 Å². The van der Waals surface area contributed by atoms with Gasteiger partial charge >= 0.3 is 11.9 Å². The first-order chi connectivity index (χ1) is 17.3. The zero-order chi connectivity index (χ0) is 27.5. The number of pyridine rings is 1. The molecular weight excluding hydrogens is 464 g/mol. The molecule has 9 nitrogen and oxygen atoms in total. The SMILES string of the molecule is CC.CC.CCc1ccccc1.COc1ccnc(C(=O)N[C@H]2COC(=O)CCC(C)OC2=O)c1O. The van der Waals surface area contributed by atoms with E-state index in [-0.39, 0.29) is 24.5 Å². The fraction of sp³-hybridized carbons (Fsp3) is 0.481. The molecule has 0 bridgehead atoms. The molecule has 2 aromatic rings. The summed E-state index contributed by atoms with van der Waals surface area (Å²) in [6.45, 7) is 11.4. The second-order valence-electron chi connectivity index (χ2n) is 7.04. The lowest BCUT2D eigenvalue weighted by molar-refractivity contribution is -0.152. The lowest BCUT2D eigenvalue weighted by Gasteiger charge is -2.18. The molecule has 3 rings (SSSR count). The van der Waals surface area contributed by atoms with Gasteiger partial charge in [-0.2, -0.15) is 0 Å². The molecule has 1 fully saturated rings. The fourth-order valence-corrected chi connectivity index (χ4v) is 2.79. The van der Waals surface area contributed by atoms with Gasteiger partial charge in [-0.25, -0.2) is 9.78 Å². The minimum absolute atomic E-state index is 0.0623. The van der Waals surface area contributed by atoms with Gasteiger partial charge < -0.3 is 24.6 Å². The summed E-state index contributed by atoms with van der Waals surface area (Å²) in [5, 5.41) is 12.3. The Labute approximate surface area is 214 Å². The van der Waals surface area contributed by atoms with E-state index < -0.39 is 35.7 Å². The second-order valence-corrected chi connectivity index (χ2v) is 7.04. The first-order valence-electron chi connectivity index (χ1n) is 12.3. The van der Waals surface area contributed by atoms with E-state index in [1.807, 2.05) is 33.8 Å². The summed E-state index contributed by atoms with van der Waals surface area (Å²) in [5.41, 5.74) is 1.09. The third kappa shape index (κ3) is 11.2. The molecule has 1 aliphatic rings. The van der Waals surface area contributed by atoms with Crippen LogP contribution in [0.15, 0.2) is 42.6 Å². The highest BCUT2D eigenvalue weighted by Gasteiger charge is 2.29. The van der Waals surface area contributed by atoms with Gasteiger partial charge in [-0.05, 0) is 25.3 Å². The van der Waals surface area contributed by atoms with E-state index in [4.69, 9.17) is 14.2 Å². The molecule has 1 saturated heterocycles. The van der Waals surface area contributed by atoms with Crippen LogP contribution < -0.4 is 10.1 Å². The van der Waals surface area contributed by atoms with Crippen LogP contribution in [-0.4, -0.2) is 53.8 Å². The van der Waals surface area contributed by atoms with E-state index in [0.717, 1.165) is 6.42 Å². The van der Waals surface area contributed by atoms with Crippen molar-refractivity contribution in [3.8, 4) is 11.5 Å². The van der Waals surface area contributed by atoms with Crippen molar-refractivity contribution in [3.05, 3.63) is 53.9 Å². The first kappa shape index (κ1) is 32.4. The Hall–Kier alpha value is -3.62. The Balaban J connectivity index is 0.000000850. The molecule has 200 valence electrons. The van der Waals surface area contributed by atoms with Crippen molar-refractivity contribution in [3.63, 3.8) is 0 Å². The Morgan fingerprint density at radius 3 is 2.33 bits per heavy atom. The van der Waals surface area contributed by atoms with Crippen LogP contribution in [-0.2, 0) is 25.5 Å². The van der Waals surface area contributed by atoms with Crippen LogP contribution in [0.3, 0.4) is 0 Å². The molecule has 0 aliphatic carbocycles. The number of hydrogen-bond acceptors (Lipinski definition) is 8. The van der Waals surface area contributed by atoms with Crippen molar-refractivity contribution >= 4 is 17.8 Å². The summed E-state index contributed by atoms with van der Waals surface area (Å²) in [5.74, 6) is -2.43. The number of hydrogen-bond donors (Lipinski definition) is 2. The number of carbonyl (C=O) groups is 3. The van der Waals surface area contributed by atoms with Crippen molar-refractivity contribution in [1.29, 1.82) is 0 Å². The number of carbonyl (C=O) groups excluding carboxylic acids is 3. The summed E-state index contributed by atoms with van der Waals surface area (Å²) in [6, 6.07) is 10.6. The van der Waals surface area contributed by atoms with Crippen molar-refractivity contribution in [2.75, 3.05) is 13.7 Å². The topological polar surface area (TPSA) is 124 Å². The number of esters is 2. The van der Waals surface area contributed by atoms with E-state index in [1.165, 1.54) is 24.9 Å². The van der Waals surface area contributed by atoms with Gasteiger partial charge in [-0.1, -0.05) is 65.0 Å². The standard InChI is InChI=1S/C15H18N2O7.C8H10.2C2H6/c1-8-3-4-11(18)23-7-9(15(21)24-8)17-14(20)12-13(19)10(22-2)5-6-16-12;1-2-8-6-4-3-5-7-8;2*1-2/h5-6,8-9,19H,3-4,7H2,1-2H3,(H,17,20);3-7H,2H2,1H3;2*1-2H3/t8?,9-;;;/m0.../s1. The Morgan fingerprint density at radius 2 is 1.78 bits per heavy atom. The van der Waals surface area contributed by atoms with Crippen molar-refractivity contribution in [2.45, 2.75) is 73.0 Å². The van der Waals surface area contributed by atoms with Crippen LogP contribution >= 0.6 is 0 Å². The molecule has 1 aromatic heterocycles. The summed E-state index contributed by atoms with van der Waals surface area (Å²) < 4.78 is 15.0. The molecule has 1 aliphatic heterocycles. The molecule has 0 spiro atoms. The van der Waals surface area contributed by atoms with Crippen molar-refractivity contribution in [1.82, 2.24) is 10.3 Å². The molecule has 2 N–H and O–H groups in total. The van der Waals surface area contributed by atoms with Crippen LogP contribution in [0.2, 0.25) is 0 Å². The van der Waals surface area contributed by atoms with Gasteiger partial charge in [0.05, 0.1) is 13.2 Å². The maximum Gasteiger partial charge on any atom is 0.332 e. The van der Waals surface area contributed by atoms with Gasteiger partial charge in [0.25, 0.3) is 5.91 Å². The van der Waals surface area contributed by atoms with Crippen molar-refractivity contribution < 1.29 is 33.7 Å². The number of rotatable bonds is 4. The van der Waals surface area contributed by atoms with E-state index >= 15 is 0 Å². The normalized spacial score (nSPS) is 16.8. The number of methoxy groups -OCH3 is 1. The highest BCUT2D eigenvalue weighted by Crippen LogP contribution is 2.27. The molecule has 1 unspecified atom stereocenters. The van der Waals surface area contributed by atoms with E-state index in [1.54, 1.807) is 6.92 Å². The van der Waals surface area contributed by atoms with E-state index in [9.17, 15) is 19.5 Å². The number of nitrogens with one attached hydrogen (secondary N) is 1. The number of cyclic esters (lactones) is 2. The molecular formula is C27H40N2O7. The smallest absolute Gasteiger partial charge is 0.332 e. The maximum absolute atomic E-state index is 12.3. The van der Waals surface area contributed by atoms with Crippen LogP contribution in [0, 0.1) is 0 Å². The van der Waals surface area contributed by atoms with Gasteiger partial charge in [0, 0.05) is 18.7 Å². The third-order valence-corrected chi connectivity index (χ3v) is 4.65. The third-order valence-electron chi connectivity index (χ3n) is 4.65. The van der Waals surface area contributed by atoms with Crippen LogP contribution in [0.1, 0.15) is 70.4 Å². The van der Waals surface area contributed by atoms with Gasteiger partial charge in [0.1, 0.15) is 6.61 Å². The molecule has 0 saturated carbocycles. The summed E-state index contributed by atoms with van der Waals surface area (Å²) in [7, 11) is 1.33. The summed E-state index contributed by atoms with van der Waals surface area (Å²) in [4.78, 5) is 39.6. The quantitative estimate of drug-likeness (QED) is 0.585. The van der Waals surface area contributed by atoms with Gasteiger partial charge in [0.2, 0.25) is 0 Å². The number of aryl methyl sites for hydroxylation is 1. The molecule has 2 atom stereocenters. The average Bonchev–Trinajstić information content (AvgIpc) is 2.97. The minimum atomic E-state index is -1.20. The second kappa shape index (κ2) is 18.7. The summed E-state index contributed by atoms with van der Waals surface area (Å²) >= 11 is 0. The van der Waals surface area contributed by atoms with E-state index in [0.29, 0.717) is 6.42 Å². The fourth-order valence-electron chi connectivity index (χ4n) is 2.79. The zero-order valence-corrected chi connectivity index (χ0v) is 22.4. The summed E-state index contributed by atoms with van der Waals surface area (Å²) in [6.07, 6.45) is 2.39. The highest BCUT2D eigenvalue weighted by molar-refractivity contribution is 5.98. The van der Waals surface area contributed by atoms with Gasteiger partial charge in [0.15, 0.2) is 23.2 Å². The number of amides is 1. The highest BCUT2D eigenvalue weighted by atomic mass is 16.6. The number of nitrogens with zero attached hydrogens (tertiary/aromatic N) is 1. The number of aromatic hydroxyl groups is 1. The van der Waals surface area contributed by atoms with Crippen LogP contribution in [0.4, 0.5) is 0 Å². The molecule has 1 aromatic carbocycles. The lowest BCUT2D eigenvalue weighted by atomic mass is 10.2. The molecule has 9 heteroatoms. The largest absolute Gasteiger partial charge is 0.503 e. The molecule has 2 heterocycles. The number of ether oxygens (including phenoxy) is 3. The Kier molecular flexibility index (Phi) is 16.8. The average molecular weight is 505 g/mol. The Bertz CT molecular complexity index is 920. The predicted molar refractivity (Wildman–Crippen MR) is 138 cm³/mol. The molecule has 36 heavy (non-hydrogen) atoms. The minimum Gasteiger partial charge on any atom is -0.503 e. The van der Waals surface area contributed by atoms with E-state index in [2.05, 4.69) is 41.5 Å². The Morgan fingerprint density at radius 1 is 1.14 bits per heavy atom. The number of aromatic nitrogens is 1. The van der Waals surface area contributed by atoms with Crippen molar-refractivity contribution in [2.24, 2.45) is 0 Å². The zero-order valence-electron chi connectivity index (χ0n) is 22.4. The van der Waals surface area contributed by atoms with Crippen LogP contribution in [0.25, 0.3) is 0 Å². The van der Waals surface area contributed by atoms with Gasteiger partial charge in [-0.15, -0.1) is 0 Å². The monoisotopic (exact) mass is 504 g/mol. The van der Waals surface area contributed by atoms with Gasteiger partial charge in [-0.3, -0.25) is 9.59 Å². The lowest BCUT2D eigenvalue weighted by Crippen LogP contribution is -2.45. The molecule has 1 amide bonds. The number of benzene rings is 1.